The molecule has 1 aliphatic heterocycles. The highest BCUT2D eigenvalue weighted by Gasteiger charge is 2.40. The normalized spacial score (nSPS) is 18.3. The van der Waals surface area contributed by atoms with Gasteiger partial charge in [-0.15, -0.1) is 0 Å². The third-order valence-corrected chi connectivity index (χ3v) is 8.44. The first-order valence-corrected chi connectivity index (χ1v) is 17.1. The molecular weight excluding hydrogens is 620 g/mol. The quantitative estimate of drug-likeness (QED) is 0.186. The van der Waals surface area contributed by atoms with Gasteiger partial charge >= 0.3 is 6.09 Å². The van der Waals surface area contributed by atoms with Gasteiger partial charge in [-0.3, -0.25) is 14.5 Å². The summed E-state index contributed by atoms with van der Waals surface area (Å²) in [6, 6.07) is 26.6. The van der Waals surface area contributed by atoms with Crippen LogP contribution in [0.4, 0.5) is 4.79 Å². The summed E-state index contributed by atoms with van der Waals surface area (Å²) in [5.74, 6) is -0.822. The van der Waals surface area contributed by atoms with E-state index in [2.05, 4.69) is 16.0 Å². The lowest BCUT2D eigenvalue weighted by molar-refractivity contribution is -0.128. The molecular formula is C39H52N4O6. The molecule has 4 N–H and O–H groups in total. The second kappa shape index (κ2) is 17.9. The fourth-order valence-electron chi connectivity index (χ4n) is 5.92. The van der Waals surface area contributed by atoms with E-state index < -0.39 is 41.8 Å². The zero-order valence-electron chi connectivity index (χ0n) is 29.3. The molecule has 5 atom stereocenters. The molecule has 264 valence electrons. The zero-order valence-corrected chi connectivity index (χ0v) is 29.3. The van der Waals surface area contributed by atoms with Gasteiger partial charge in [-0.25, -0.2) is 4.79 Å². The van der Waals surface area contributed by atoms with Gasteiger partial charge in [0.2, 0.25) is 11.8 Å². The van der Waals surface area contributed by atoms with Crippen molar-refractivity contribution in [2.75, 3.05) is 13.1 Å². The van der Waals surface area contributed by atoms with Crippen molar-refractivity contribution >= 4 is 17.9 Å². The molecule has 4 rings (SSSR count). The van der Waals surface area contributed by atoms with Gasteiger partial charge in [0.05, 0.1) is 30.9 Å². The van der Waals surface area contributed by atoms with Crippen molar-refractivity contribution in [1.82, 2.24) is 20.9 Å². The number of carbonyl (C=O) groups excluding carboxylic acids is 3. The van der Waals surface area contributed by atoms with Gasteiger partial charge in [0, 0.05) is 18.6 Å². The summed E-state index contributed by atoms with van der Waals surface area (Å²) in [6.07, 6.45) is -1.15. The first-order chi connectivity index (χ1) is 23.4. The number of aliphatic hydroxyl groups excluding tert-OH is 1. The molecule has 0 unspecified atom stereocenters. The summed E-state index contributed by atoms with van der Waals surface area (Å²) in [6.45, 7) is 10.5. The molecule has 1 saturated heterocycles. The number of rotatable bonds is 15. The summed E-state index contributed by atoms with van der Waals surface area (Å²) in [5.41, 5.74) is 2.36. The number of hydrogen-bond acceptors (Lipinski definition) is 7. The number of nitrogens with one attached hydrogen (secondary N) is 3. The molecule has 1 aliphatic rings. The van der Waals surface area contributed by atoms with E-state index in [1.165, 1.54) is 0 Å². The van der Waals surface area contributed by atoms with E-state index >= 15 is 0 Å². The van der Waals surface area contributed by atoms with Crippen LogP contribution in [0, 0.1) is 5.92 Å². The Morgan fingerprint density at radius 1 is 0.837 bits per heavy atom. The minimum atomic E-state index is -1.04. The first-order valence-electron chi connectivity index (χ1n) is 17.1. The van der Waals surface area contributed by atoms with E-state index in [-0.39, 0.29) is 31.1 Å². The van der Waals surface area contributed by atoms with E-state index in [1.807, 2.05) is 131 Å². The van der Waals surface area contributed by atoms with Crippen molar-refractivity contribution in [2.24, 2.45) is 5.92 Å². The molecule has 10 heteroatoms. The smallest absolute Gasteiger partial charge is 0.408 e. The van der Waals surface area contributed by atoms with Crippen LogP contribution in [0.3, 0.4) is 0 Å². The van der Waals surface area contributed by atoms with Gasteiger partial charge in [-0.1, -0.05) is 105 Å². The number of β-amino-alcohol motifs (C(OH)–C–C–N with tert-alkyl or cyclic N) is 1. The Morgan fingerprint density at radius 3 is 1.94 bits per heavy atom. The standard InChI is InChI=1S/C39H52N4O6/c1-27(2)35(41-38(47)49-26-30-19-13-8-14-20-30)37(46)40-32(21-28-15-9-6-10-16-28)34(44)24-43-23-31(48-25-29-17-11-7-12-18-29)22-33(43)36(45)42-39(3,4)5/h6-20,27,31-35,44H,21-26H2,1-5H3,(H,40,46)(H,41,47)(H,42,45)/t31-,32+,33+,34-,35+/m1/s1. The molecule has 0 aliphatic carbocycles. The maximum atomic E-state index is 13.7. The molecule has 3 aromatic carbocycles. The zero-order chi connectivity index (χ0) is 35.4. The maximum Gasteiger partial charge on any atom is 0.408 e. The highest BCUT2D eigenvalue weighted by atomic mass is 16.5. The van der Waals surface area contributed by atoms with Crippen molar-refractivity contribution in [3.05, 3.63) is 108 Å². The molecule has 0 radical (unpaired) electrons. The second-order valence-corrected chi connectivity index (χ2v) is 14.2. The molecule has 3 aromatic rings. The summed E-state index contributed by atoms with van der Waals surface area (Å²) in [5, 5.41) is 20.6. The van der Waals surface area contributed by atoms with Gasteiger partial charge in [0.1, 0.15) is 12.6 Å². The lowest BCUT2D eigenvalue weighted by Gasteiger charge is -2.33. The Labute approximate surface area is 290 Å². The number of likely N-dealkylation sites (tertiary alicyclic amines) is 1. The van der Waals surface area contributed by atoms with Gasteiger partial charge in [-0.2, -0.15) is 0 Å². The molecule has 1 heterocycles. The average Bonchev–Trinajstić information content (AvgIpc) is 3.48. The average molecular weight is 673 g/mol. The number of hydrogen-bond donors (Lipinski definition) is 4. The van der Waals surface area contributed by atoms with Crippen LogP contribution in [0.15, 0.2) is 91.0 Å². The molecule has 0 saturated carbocycles. The van der Waals surface area contributed by atoms with Crippen molar-refractivity contribution in [3.63, 3.8) is 0 Å². The van der Waals surface area contributed by atoms with Crippen molar-refractivity contribution in [3.8, 4) is 0 Å². The molecule has 10 nitrogen and oxygen atoms in total. The SMILES string of the molecule is CC(C)[C@H](NC(=O)OCc1ccccc1)C(=O)N[C@@H](Cc1ccccc1)[C@H](O)CN1C[C@H](OCc2ccccc2)C[C@H]1C(=O)NC(C)(C)C. The number of amides is 3. The van der Waals surface area contributed by atoms with Crippen molar-refractivity contribution in [1.29, 1.82) is 0 Å². The minimum absolute atomic E-state index is 0.0737. The Morgan fingerprint density at radius 2 is 1.39 bits per heavy atom. The van der Waals surface area contributed by atoms with Crippen LogP contribution in [0.1, 0.15) is 57.7 Å². The Bertz CT molecular complexity index is 1470. The number of carbonyl (C=O) groups is 3. The molecule has 1 fully saturated rings. The van der Waals surface area contributed by atoms with Crippen LogP contribution in [0.5, 0.6) is 0 Å². The number of alkyl carbamates (subject to hydrolysis) is 1. The van der Waals surface area contributed by atoms with Gasteiger partial charge in [0.15, 0.2) is 0 Å². The molecule has 0 bridgehead atoms. The highest BCUT2D eigenvalue weighted by molar-refractivity contribution is 5.86. The van der Waals surface area contributed by atoms with E-state index in [4.69, 9.17) is 9.47 Å². The largest absolute Gasteiger partial charge is 0.445 e. The molecule has 3 amide bonds. The maximum absolute atomic E-state index is 13.7. The third kappa shape index (κ3) is 12.3. The Balaban J connectivity index is 1.47. The van der Waals surface area contributed by atoms with Crippen LogP contribution >= 0.6 is 0 Å². The van der Waals surface area contributed by atoms with Crippen LogP contribution < -0.4 is 16.0 Å². The monoisotopic (exact) mass is 672 g/mol. The van der Waals surface area contributed by atoms with Crippen LogP contribution in [-0.4, -0.2) is 76.9 Å². The number of aliphatic hydroxyl groups is 1. The van der Waals surface area contributed by atoms with Crippen LogP contribution in [-0.2, 0) is 38.7 Å². The van der Waals surface area contributed by atoms with Crippen LogP contribution in [0.2, 0.25) is 0 Å². The van der Waals surface area contributed by atoms with E-state index in [9.17, 15) is 19.5 Å². The predicted octanol–water partition coefficient (Wildman–Crippen LogP) is 4.60. The summed E-state index contributed by atoms with van der Waals surface area (Å²) in [7, 11) is 0. The fraction of sp³-hybridized carbons (Fsp3) is 0.462. The van der Waals surface area contributed by atoms with Gasteiger partial charge < -0.3 is 30.5 Å². The first kappa shape index (κ1) is 37.6. The van der Waals surface area contributed by atoms with Gasteiger partial charge in [0.25, 0.3) is 0 Å². The Hall–Kier alpha value is -4.25. The Kier molecular flexibility index (Phi) is 13.8. The topological polar surface area (TPSA) is 129 Å². The fourth-order valence-corrected chi connectivity index (χ4v) is 5.92. The van der Waals surface area contributed by atoms with E-state index in [0.29, 0.717) is 26.0 Å². The van der Waals surface area contributed by atoms with Gasteiger partial charge in [-0.05, 0) is 56.2 Å². The summed E-state index contributed by atoms with van der Waals surface area (Å²) >= 11 is 0. The lowest BCUT2D eigenvalue weighted by Crippen LogP contribution is -2.57. The summed E-state index contributed by atoms with van der Waals surface area (Å²) in [4.78, 5) is 41.9. The third-order valence-electron chi connectivity index (χ3n) is 8.44. The predicted molar refractivity (Wildman–Crippen MR) is 189 cm³/mol. The molecule has 49 heavy (non-hydrogen) atoms. The van der Waals surface area contributed by atoms with Crippen LogP contribution in [0.25, 0.3) is 0 Å². The number of nitrogens with zero attached hydrogens (tertiary/aromatic N) is 1. The van der Waals surface area contributed by atoms with Crippen molar-refractivity contribution < 1.29 is 29.0 Å². The second-order valence-electron chi connectivity index (χ2n) is 14.2. The number of ether oxygens (including phenoxy) is 2. The van der Waals surface area contributed by atoms with Crippen molar-refractivity contribution in [2.45, 2.75) is 96.5 Å². The number of benzene rings is 3. The molecule has 0 spiro atoms. The minimum Gasteiger partial charge on any atom is -0.445 e. The molecule has 0 aromatic heterocycles. The van der Waals surface area contributed by atoms with E-state index in [0.717, 1.165) is 16.7 Å². The lowest BCUT2D eigenvalue weighted by atomic mass is 9.98. The summed E-state index contributed by atoms with van der Waals surface area (Å²) < 4.78 is 11.6. The van der Waals surface area contributed by atoms with E-state index in [1.54, 1.807) is 0 Å². The highest BCUT2D eigenvalue weighted by Crippen LogP contribution is 2.24.